The first-order valence-electron chi connectivity index (χ1n) is 10.7. The number of amides is 2. The number of benzene rings is 2. The Morgan fingerprint density at radius 2 is 1.90 bits per heavy atom. The first-order chi connectivity index (χ1) is 15.0. The van der Waals surface area contributed by atoms with Crippen molar-refractivity contribution in [3.63, 3.8) is 0 Å². The molecule has 7 heteroatoms. The number of para-hydroxylation sites is 1. The standard InChI is InChI=1S/C24H26ClN5O/c1-16-5-3-4-6-21(16)29-14-22-26-23(27-24(31)30(22)15-29)20-13-28(11-17(20)2)12-18-7-9-19(25)10-8-18/h3-10,14,17,20H,11-13,15H2,1-2H3,(H,26,27,31). The number of urea groups is 1. The fourth-order valence-corrected chi connectivity index (χ4v) is 4.79. The minimum atomic E-state index is -0.101. The molecule has 1 saturated heterocycles. The first kappa shape index (κ1) is 20.1. The van der Waals surface area contributed by atoms with Crippen LogP contribution in [0.3, 0.4) is 0 Å². The van der Waals surface area contributed by atoms with Crippen LogP contribution < -0.4 is 10.2 Å². The second-order valence-electron chi connectivity index (χ2n) is 8.64. The number of hydrogen-bond donors (Lipinski definition) is 1. The zero-order valence-electron chi connectivity index (χ0n) is 17.8. The Balaban J connectivity index is 1.34. The van der Waals surface area contributed by atoms with Crippen molar-refractivity contribution < 1.29 is 4.79 Å². The van der Waals surface area contributed by atoms with E-state index in [1.807, 2.05) is 30.5 Å². The molecule has 160 valence electrons. The number of amidine groups is 1. The van der Waals surface area contributed by atoms with E-state index in [1.54, 1.807) is 4.90 Å². The van der Waals surface area contributed by atoms with Gasteiger partial charge in [0.1, 0.15) is 12.5 Å². The Morgan fingerprint density at radius 3 is 2.68 bits per heavy atom. The molecule has 1 N–H and O–H groups in total. The van der Waals surface area contributed by atoms with Crippen molar-refractivity contribution in [2.75, 3.05) is 24.7 Å². The third-order valence-corrected chi connectivity index (χ3v) is 6.59. The fourth-order valence-electron chi connectivity index (χ4n) is 4.67. The van der Waals surface area contributed by atoms with Crippen LogP contribution in [-0.4, -0.2) is 41.4 Å². The molecule has 1 fully saturated rings. The Bertz CT molecular complexity index is 1060. The van der Waals surface area contributed by atoms with Crippen molar-refractivity contribution in [1.82, 2.24) is 15.1 Å². The van der Waals surface area contributed by atoms with Crippen molar-refractivity contribution in [2.45, 2.75) is 20.4 Å². The minimum Gasteiger partial charge on any atom is -0.325 e. The SMILES string of the molecule is Cc1ccccc1N1C=C2N=C(C3CN(Cc4ccc(Cl)cc4)CC3C)NC(=O)N2C1. The number of aliphatic imine (C=N–C) groups is 1. The summed E-state index contributed by atoms with van der Waals surface area (Å²) in [6.45, 7) is 7.50. The van der Waals surface area contributed by atoms with Gasteiger partial charge in [0.2, 0.25) is 0 Å². The summed E-state index contributed by atoms with van der Waals surface area (Å²) < 4.78 is 0. The van der Waals surface area contributed by atoms with E-state index in [9.17, 15) is 4.79 Å². The van der Waals surface area contributed by atoms with E-state index < -0.39 is 0 Å². The molecule has 0 saturated carbocycles. The molecule has 6 nitrogen and oxygen atoms in total. The monoisotopic (exact) mass is 435 g/mol. The number of rotatable bonds is 4. The van der Waals surface area contributed by atoms with Gasteiger partial charge in [-0.15, -0.1) is 0 Å². The highest BCUT2D eigenvalue weighted by Crippen LogP contribution is 2.31. The van der Waals surface area contributed by atoms with Crippen molar-refractivity contribution >= 4 is 29.2 Å². The fraction of sp³-hybridized carbons (Fsp3) is 0.333. The third kappa shape index (κ3) is 3.93. The van der Waals surface area contributed by atoms with E-state index >= 15 is 0 Å². The molecule has 2 aromatic rings. The van der Waals surface area contributed by atoms with E-state index in [2.05, 4.69) is 53.2 Å². The van der Waals surface area contributed by atoms with Crippen LogP contribution in [0.25, 0.3) is 0 Å². The summed E-state index contributed by atoms with van der Waals surface area (Å²) in [4.78, 5) is 23.9. The number of likely N-dealkylation sites (tertiary alicyclic amines) is 1. The number of hydrogen-bond acceptors (Lipinski definition) is 4. The number of anilines is 1. The van der Waals surface area contributed by atoms with Crippen molar-refractivity contribution in [3.05, 3.63) is 76.7 Å². The van der Waals surface area contributed by atoms with Crippen LogP contribution in [0.2, 0.25) is 5.02 Å². The van der Waals surface area contributed by atoms with Gasteiger partial charge >= 0.3 is 6.03 Å². The quantitative estimate of drug-likeness (QED) is 0.773. The summed E-state index contributed by atoms with van der Waals surface area (Å²) in [6, 6.07) is 16.1. The lowest BCUT2D eigenvalue weighted by Crippen LogP contribution is -2.49. The molecule has 31 heavy (non-hydrogen) atoms. The summed E-state index contributed by atoms with van der Waals surface area (Å²) in [7, 11) is 0. The molecule has 0 aliphatic carbocycles. The summed E-state index contributed by atoms with van der Waals surface area (Å²) in [5.74, 6) is 2.11. The molecule has 3 heterocycles. The molecule has 0 radical (unpaired) electrons. The Hall–Kier alpha value is -2.83. The van der Waals surface area contributed by atoms with Gasteiger partial charge < -0.3 is 4.90 Å². The van der Waals surface area contributed by atoms with Gasteiger partial charge in [0.15, 0.2) is 5.82 Å². The van der Waals surface area contributed by atoms with Gasteiger partial charge in [-0.05, 0) is 42.2 Å². The topological polar surface area (TPSA) is 51.2 Å². The Kier molecular flexibility index (Phi) is 5.20. The Morgan fingerprint density at radius 1 is 1.13 bits per heavy atom. The number of fused-ring (bicyclic) bond motifs is 1. The molecule has 2 atom stereocenters. The van der Waals surface area contributed by atoms with Crippen molar-refractivity contribution in [2.24, 2.45) is 16.8 Å². The summed E-state index contributed by atoms with van der Waals surface area (Å²) in [5, 5.41) is 3.82. The number of nitrogens with one attached hydrogen (secondary N) is 1. The summed E-state index contributed by atoms with van der Waals surface area (Å²) in [5.41, 5.74) is 3.51. The maximum Gasteiger partial charge on any atom is 0.329 e. The molecular weight excluding hydrogens is 410 g/mol. The van der Waals surface area contributed by atoms with Crippen LogP contribution in [0.5, 0.6) is 0 Å². The van der Waals surface area contributed by atoms with Crippen molar-refractivity contribution in [1.29, 1.82) is 0 Å². The zero-order valence-corrected chi connectivity index (χ0v) is 18.5. The smallest absolute Gasteiger partial charge is 0.325 e. The first-order valence-corrected chi connectivity index (χ1v) is 11.0. The average molecular weight is 436 g/mol. The molecule has 0 spiro atoms. The molecular formula is C24H26ClN5O. The lowest BCUT2D eigenvalue weighted by molar-refractivity contribution is 0.216. The number of aryl methyl sites for hydroxylation is 1. The molecule has 0 bridgehead atoms. The van der Waals surface area contributed by atoms with Gasteiger partial charge in [-0.25, -0.2) is 9.79 Å². The largest absolute Gasteiger partial charge is 0.329 e. The third-order valence-electron chi connectivity index (χ3n) is 6.34. The van der Waals surface area contributed by atoms with Crippen molar-refractivity contribution in [3.8, 4) is 0 Å². The van der Waals surface area contributed by atoms with Gasteiger partial charge in [-0.1, -0.05) is 48.9 Å². The predicted octanol–water partition coefficient (Wildman–Crippen LogP) is 4.42. The van der Waals surface area contributed by atoms with Gasteiger partial charge in [0.25, 0.3) is 0 Å². The summed E-state index contributed by atoms with van der Waals surface area (Å²) in [6.07, 6.45) is 1.98. The number of carbonyl (C=O) groups excluding carboxylic acids is 1. The van der Waals surface area contributed by atoms with E-state index in [0.29, 0.717) is 18.4 Å². The van der Waals surface area contributed by atoms with E-state index in [1.165, 1.54) is 11.1 Å². The maximum absolute atomic E-state index is 12.9. The van der Waals surface area contributed by atoms with Gasteiger partial charge in [0, 0.05) is 42.5 Å². The van der Waals surface area contributed by atoms with E-state index in [-0.39, 0.29) is 11.9 Å². The van der Waals surface area contributed by atoms with Gasteiger partial charge in [-0.3, -0.25) is 15.1 Å². The second kappa shape index (κ2) is 8.02. The normalized spacial score (nSPS) is 23.5. The van der Waals surface area contributed by atoms with Crippen LogP contribution in [-0.2, 0) is 6.54 Å². The summed E-state index contributed by atoms with van der Waals surface area (Å²) >= 11 is 6.01. The van der Waals surface area contributed by atoms with Crippen LogP contribution >= 0.6 is 11.6 Å². The molecule has 5 rings (SSSR count). The maximum atomic E-state index is 12.9. The Labute approximate surface area is 187 Å². The molecule has 0 aromatic heterocycles. The number of halogens is 1. The zero-order chi connectivity index (χ0) is 21.5. The highest BCUT2D eigenvalue weighted by molar-refractivity contribution is 6.30. The average Bonchev–Trinajstić information content (AvgIpc) is 3.33. The van der Waals surface area contributed by atoms with Crippen LogP contribution in [0.4, 0.5) is 10.5 Å². The highest BCUT2D eigenvalue weighted by Gasteiger charge is 2.39. The molecule has 2 amide bonds. The molecule has 3 aliphatic heterocycles. The predicted molar refractivity (Wildman–Crippen MR) is 124 cm³/mol. The molecule has 2 unspecified atom stereocenters. The number of nitrogens with zero attached hydrogens (tertiary/aromatic N) is 4. The minimum absolute atomic E-state index is 0.101. The second-order valence-corrected chi connectivity index (χ2v) is 9.08. The lowest BCUT2D eigenvalue weighted by atomic mass is 9.96. The van der Waals surface area contributed by atoms with E-state index in [0.717, 1.165) is 36.2 Å². The van der Waals surface area contributed by atoms with Crippen LogP contribution in [0, 0.1) is 18.8 Å². The van der Waals surface area contributed by atoms with Gasteiger partial charge in [-0.2, -0.15) is 0 Å². The molecule has 2 aromatic carbocycles. The van der Waals surface area contributed by atoms with Crippen LogP contribution in [0.15, 0.2) is 65.5 Å². The van der Waals surface area contributed by atoms with Crippen LogP contribution in [0.1, 0.15) is 18.1 Å². The van der Waals surface area contributed by atoms with E-state index in [4.69, 9.17) is 16.6 Å². The lowest BCUT2D eigenvalue weighted by Gasteiger charge is -2.28. The highest BCUT2D eigenvalue weighted by atomic mass is 35.5. The molecule has 3 aliphatic rings. The number of carbonyl (C=O) groups is 1. The van der Waals surface area contributed by atoms with Gasteiger partial charge in [0.05, 0.1) is 0 Å².